The smallest absolute Gasteiger partial charge is 0.156 e. The second-order valence-corrected chi connectivity index (χ2v) is 3.14. The molecule has 4 nitrogen and oxygen atoms in total. The highest BCUT2D eigenvalue weighted by atomic mass is 15.3. The van der Waals surface area contributed by atoms with Gasteiger partial charge in [0.2, 0.25) is 0 Å². The summed E-state index contributed by atoms with van der Waals surface area (Å²) in [5, 5.41) is 4.19. The lowest BCUT2D eigenvalue weighted by atomic mass is 10.3. The maximum absolute atomic E-state index is 5.51. The number of rotatable bonds is 2. The first-order chi connectivity index (χ1) is 6.81. The van der Waals surface area contributed by atoms with Crippen LogP contribution >= 0.6 is 0 Å². The summed E-state index contributed by atoms with van der Waals surface area (Å²) in [7, 11) is 0. The van der Waals surface area contributed by atoms with Crippen molar-refractivity contribution in [3.63, 3.8) is 0 Å². The second-order valence-electron chi connectivity index (χ2n) is 3.14. The van der Waals surface area contributed by atoms with Crippen LogP contribution in [0.4, 0.5) is 0 Å². The highest BCUT2D eigenvalue weighted by molar-refractivity contribution is 5.31. The van der Waals surface area contributed by atoms with Crippen molar-refractivity contribution in [3.8, 4) is 5.82 Å². The van der Waals surface area contributed by atoms with E-state index in [0.717, 1.165) is 16.9 Å². The zero-order chi connectivity index (χ0) is 9.97. The zero-order valence-electron chi connectivity index (χ0n) is 8.01. The minimum absolute atomic E-state index is 0.506. The fraction of sp³-hybridized carbons (Fsp3) is 0.200. The highest BCUT2D eigenvalue weighted by Gasteiger charge is 2.02. The summed E-state index contributed by atoms with van der Waals surface area (Å²) < 4.78 is 1.75. The van der Waals surface area contributed by atoms with Crippen molar-refractivity contribution in [3.05, 3.63) is 41.9 Å². The molecule has 4 heteroatoms. The molecule has 0 saturated heterocycles. The molecule has 72 valence electrons. The minimum atomic E-state index is 0.506. The van der Waals surface area contributed by atoms with Gasteiger partial charge in [0.15, 0.2) is 5.82 Å². The summed E-state index contributed by atoms with van der Waals surface area (Å²) in [6.45, 7) is 2.51. The molecule has 2 heterocycles. The van der Waals surface area contributed by atoms with Crippen molar-refractivity contribution in [2.75, 3.05) is 0 Å². The van der Waals surface area contributed by atoms with Gasteiger partial charge in [-0.15, -0.1) is 0 Å². The Morgan fingerprint density at radius 3 is 3.00 bits per heavy atom. The molecule has 14 heavy (non-hydrogen) atoms. The summed E-state index contributed by atoms with van der Waals surface area (Å²) in [6, 6.07) is 3.91. The van der Waals surface area contributed by atoms with E-state index in [1.165, 1.54) is 0 Å². The van der Waals surface area contributed by atoms with Crippen LogP contribution in [0.15, 0.2) is 30.7 Å². The Balaban J connectivity index is 2.44. The Bertz CT molecular complexity index is 433. The molecule has 0 unspecified atom stereocenters. The van der Waals surface area contributed by atoms with Gasteiger partial charge in [-0.1, -0.05) is 6.07 Å². The van der Waals surface area contributed by atoms with Crippen molar-refractivity contribution in [2.45, 2.75) is 13.5 Å². The third-order valence-corrected chi connectivity index (χ3v) is 2.07. The number of aryl methyl sites for hydroxylation is 1. The third kappa shape index (κ3) is 1.52. The average Bonchev–Trinajstić information content (AvgIpc) is 2.67. The lowest BCUT2D eigenvalue weighted by Gasteiger charge is -2.02. The van der Waals surface area contributed by atoms with Crippen LogP contribution in [0, 0.1) is 6.92 Å². The van der Waals surface area contributed by atoms with Gasteiger partial charge in [-0.25, -0.2) is 9.67 Å². The molecule has 0 spiro atoms. The SMILES string of the molecule is Cc1cccnc1-n1cc(CN)cn1. The molecule has 2 aromatic heterocycles. The molecule has 2 aromatic rings. The molecular formula is C10H12N4. The predicted molar refractivity (Wildman–Crippen MR) is 54.0 cm³/mol. The maximum atomic E-state index is 5.51. The van der Waals surface area contributed by atoms with Gasteiger partial charge in [-0.3, -0.25) is 0 Å². The monoisotopic (exact) mass is 188 g/mol. The highest BCUT2D eigenvalue weighted by Crippen LogP contribution is 2.09. The molecule has 0 aliphatic rings. The van der Waals surface area contributed by atoms with Crippen molar-refractivity contribution in [1.29, 1.82) is 0 Å². The third-order valence-electron chi connectivity index (χ3n) is 2.07. The molecule has 0 aromatic carbocycles. The molecule has 0 fully saturated rings. The van der Waals surface area contributed by atoms with Gasteiger partial charge in [0, 0.05) is 24.5 Å². The first-order valence-corrected chi connectivity index (χ1v) is 4.47. The van der Waals surface area contributed by atoms with Gasteiger partial charge in [0.1, 0.15) is 0 Å². The van der Waals surface area contributed by atoms with Gasteiger partial charge in [0.05, 0.1) is 6.20 Å². The van der Waals surface area contributed by atoms with Crippen LogP contribution < -0.4 is 5.73 Å². The van der Waals surface area contributed by atoms with Crippen LogP contribution in [0.25, 0.3) is 5.82 Å². The Hall–Kier alpha value is -1.68. The van der Waals surface area contributed by atoms with E-state index >= 15 is 0 Å². The van der Waals surface area contributed by atoms with Crippen molar-refractivity contribution >= 4 is 0 Å². The molecule has 2 rings (SSSR count). The average molecular weight is 188 g/mol. The molecule has 2 N–H and O–H groups in total. The Labute approximate surface area is 82.4 Å². The molecule has 0 bridgehead atoms. The summed E-state index contributed by atoms with van der Waals surface area (Å²) in [6.07, 6.45) is 5.41. The summed E-state index contributed by atoms with van der Waals surface area (Å²) >= 11 is 0. The first kappa shape index (κ1) is 8.90. The van der Waals surface area contributed by atoms with Crippen LogP contribution in [0.3, 0.4) is 0 Å². The fourth-order valence-corrected chi connectivity index (χ4v) is 1.30. The summed E-state index contributed by atoms with van der Waals surface area (Å²) in [4.78, 5) is 4.26. The maximum Gasteiger partial charge on any atom is 0.156 e. The summed E-state index contributed by atoms with van der Waals surface area (Å²) in [5.41, 5.74) is 7.61. The number of hydrogen-bond acceptors (Lipinski definition) is 3. The van der Waals surface area contributed by atoms with E-state index < -0.39 is 0 Å². The quantitative estimate of drug-likeness (QED) is 0.766. The fourth-order valence-electron chi connectivity index (χ4n) is 1.30. The number of nitrogens with zero attached hydrogens (tertiary/aromatic N) is 3. The van der Waals surface area contributed by atoms with Crippen molar-refractivity contribution < 1.29 is 0 Å². The summed E-state index contributed by atoms with van der Waals surface area (Å²) in [5.74, 6) is 0.854. The van der Waals surface area contributed by atoms with Crippen molar-refractivity contribution in [2.24, 2.45) is 5.73 Å². The van der Waals surface area contributed by atoms with E-state index in [1.807, 2.05) is 25.3 Å². The van der Waals surface area contributed by atoms with Gasteiger partial charge >= 0.3 is 0 Å². The van der Waals surface area contributed by atoms with Gasteiger partial charge in [0.25, 0.3) is 0 Å². The van der Waals surface area contributed by atoms with E-state index in [4.69, 9.17) is 5.73 Å². The number of hydrogen-bond donors (Lipinski definition) is 1. The Kier molecular flexibility index (Phi) is 2.28. The van der Waals surface area contributed by atoms with Crippen LogP contribution in [0.2, 0.25) is 0 Å². The molecule has 0 aliphatic carbocycles. The zero-order valence-corrected chi connectivity index (χ0v) is 8.01. The molecule has 0 atom stereocenters. The van der Waals surface area contributed by atoms with Crippen LogP contribution in [-0.2, 0) is 6.54 Å². The predicted octanol–water partition coefficient (Wildman–Crippen LogP) is 1.03. The molecular weight excluding hydrogens is 176 g/mol. The molecule has 0 radical (unpaired) electrons. The number of nitrogens with two attached hydrogens (primary N) is 1. The van der Waals surface area contributed by atoms with E-state index in [2.05, 4.69) is 10.1 Å². The van der Waals surface area contributed by atoms with Gasteiger partial charge in [-0.05, 0) is 18.6 Å². The Morgan fingerprint density at radius 1 is 1.50 bits per heavy atom. The van der Waals surface area contributed by atoms with Gasteiger partial charge in [-0.2, -0.15) is 5.10 Å². The number of aromatic nitrogens is 3. The second kappa shape index (κ2) is 3.59. The largest absolute Gasteiger partial charge is 0.326 e. The molecule has 0 amide bonds. The lowest BCUT2D eigenvalue weighted by molar-refractivity contribution is 0.837. The lowest BCUT2D eigenvalue weighted by Crippen LogP contribution is -2.00. The van der Waals surface area contributed by atoms with Crippen LogP contribution in [-0.4, -0.2) is 14.8 Å². The van der Waals surface area contributed by atoms with Crippen LogP contribution in [0.1, 0.15) is 11.1 Å². The normalized spacial score (nSPS) is 10.4. The van der Waals surface area contributed by atoms with E-state index in [0.29, 0.717) is 6.54 Å². The minimum Gasteiger partial charge on any atom is -0.326 e. The standard InChI is InChI=1S/C10H12N4/c1-8-3-2-4-12-10(8)14-7-9(5-11)6-13-14/h2-4,6-7H,5,11H2,1H3. The first-order valence-electron chi connectivity index (χ1n) is 4.47. The van der Waals surface area contributed by atoms with Gasteiger partial charge < -0.3 is 5.73 Å². The molecule has 0 aliphatic heterocycles. The van der Waals surface area contributed by atoms with E-state index in [-0.39, 0.29) is 0 Å². The number of pyridine rings is 1. The van der Waals surface area contributed by atoms with E-state index in [9.17, 15) is 0 Å². The van der Waals surface area contributed by atoms with Crippen LogP contribution in [0.5, 0.6) is 0 Å². The molecule has 0 saturated carbocycles. The topological polar surface area (TPSA) is 56.7 Å². The van der Waals surface area contributed by atoms with Crippen molar-refractivity contribution in [1.82, 2.24) is 14.8 Å². The Morgan fingerprint density at radius 2 is 2.36 bits per heavy atom. The van der Waals surface area contributed by atoms with E-state index in [1.54, 1.807) is 17.1 Å².